The number of carbonyl (C=O) groups excluding carboxylic acids is 1. The van der Waals surface area contributed by atoms with Crippen LogP contribution in [0.5, 0.6) is 0 Å². The van der Waals surface area contributed by atoms with Crippen LogP contribution < -0.4 is 0 Å². The maximum Gasteiger partial charge on any atom is 0.244 e. The number of likely N-dealkylation sites (N-methyl/N-ethyl adjacent to an activating group) is 1. The molecule has 2 aromatic rings. The first kappa shape index (κ1) is 13.8. The smallest absolute Gasteiger partial charge is 0.244 e. The predicted octanol–water partition coefficient (Wildman–Crippen LogP) is 1.35. The molecule has 0 fully saturated rings. The van der Waals surface area contributed by atoms with Crippen molar-refractivity contribution in [3.63, 3.8) is 0 Å². The van der Waals surface area contributed by atoms with Crippen LogP contribution in [-0.4, -0.2) is 37.4 Å². The number of amides is 1. The Hall–Kier alpha value is -1.63. The zero-order chi connectivity index (χ0) is 14.0. The monoisotopic (exact) mass is 325 g/mol. The Morgan fingerprint density at radius 1 is 1.53 bits per heavy atom. The molecule has 102 valence electrons. The molecule has 0 aliphatic heterocycles. The standard InChI is InChI=1S/C12H16BrN5O/c1-9-4-5-18(15-9)8-12(19)16(2)7-11-10(13)6-14-17(11)3/h4-6H,7-8H2,1-3H3. The summed E-state index contributed by atoms with van der Waals surface area (Å²) in [6.07, 6.45) is 3.53. The average Bonchev–Trinajstić information content (AvgIpc) is 2.89. The van der Waals surface area contributed by atoms with Crippen LogP contribution in [0.25, 0.3) is 0 Å². The third kappa shape index (κ3) is 3.23. The molecule has 0 spiro atoms. The number of aryl methyl sites for hydroxylation is 2. The van der Waals surface area contributed by atoms with E-state index in [1.807, 2.05) is 20.0 Å². The van der Waals surface area contributed by atoms with E-state index >= 15 is 0 Å². The highest BCUT2D eigenvalue weighted by Gasteiger charge is 2.14. The number of hydrogen-bond donors (Lipinski definition) is 0. The molecule has 2 heterocycles. The fourth-order valence-electron chi connectivity index (χ4n) is 1.74. The Kier molecular flexibility index (Phi) is 4.04. The van der Waals surface area contributed by atoms with Crippen molar-refractivity contribution in [3.05, 3.63) is 34.3 Å². The van der Waals surface area contributed by atoms with Crippen molar-refractivity contribution in [1.29, 1.82) is 0 Å². The molecule has 0 saturated carbocycles. The van der Waals surface area contributed by atoms with Gasteiger partial charge in [0.1, 0.15) is 6.54 Å². The molecule has 0 aliphatic rings. The van der Waals surface area contributed by atoms with E-state index in [0.717, 1.165) is 15.9 Å². The average molecular weight is 326 g/mol. The molecule has 1 amide bonds. The molecule has 0 aromatic carbocycles. The molecule has 2 rings (SSSR count). The minimum Gasteiger partial charge on any atom is -0.338 e. The highest BCUT2D eigenvalue weighted by Crippen LogP contribution is 2.16. The van der Waals surface area contributed by atoms with Crippen molar-refractivity contribution >= 4 is 21.8 Å². The number of carbonyl (C=O) groups is 1. The fraction of sp³-hybridized carbons (Fsp3) is 0.417. The first-order chi connectivity index (χ1) is 8.97. The van der Waals surface area contributed by atoms with Gasteiger partial charge in [-0.15, -0.1) is 0 Å². The normalized spacial score (nSPS) is 10.7. The molecule has 7 heteroatoms. The Labute approximate surface area is 120 Å². The van der Waals surface area contributed by atoms with Crippen molar-refractivity contribution in [1.82, 2.24) is 24.5 Å². The van der Waals surface area contributed by atoms with E-state index < -0.39 is 0 Å². The van der Waals surface area contributed by atoms with Crippen LogP contribution in [0, 0.1) is 6.92 Å². The van der Waals surface area contributed by atoms with E-state index in [1.54, 1.807) is 33.7 Å². The lowest BCUT2D eigenvalue weighted by Gasteiger charge is -2.17. The first-order valence-electron chi connectivity index (χ1n) is 5.87. The van der Waals surface area contributed by atoms with Crippen molar-refractivity contribution in [3.8, 4) is 0 Å². The molecule has 0 bridgehead atoms. The zero-order valence-corrected chi connectivity index (χ0v) is 12.8. The fourth-order valence-corrected chi connectivity index (χ4v) is 2.21. The van der Waals surface area contributed by atoms with Gasteiger partial charge in [0.05, 0.1) is 28.6 Å². The first-order valence-corrected chi connectivity index (χ1v) is 6.67. The minimum atomic E-state index is 0.0104. The van der Waals surface area contributed by atoms with Gasteiger partial charge in [-0.1, -0.05) is 0 Å². The lowest BCUT2D eigenvalue weighted by Crippen LogP contribution is -2.30. The third-order valence-electron chi connectivity index (χ3n) is 2.89. The molecular weight excluding hydrogens is 310 g/mol. The summed E-state index contributed by atoms with van der Waals surface area (Å²) in [5, 5.41) is 8.34. The molecule has 6 nitrogen and oxygen atoms in total. The quantitative estimate of drug-likeness (QED) is 0.852. The van der Waals surface area contributed by atoms with Gasteiger partial charge in [0.15, 0.2) is 0 Å². The largest absolute Gasteiger partial charge is 0.338 e. The van der Waals surface area contributed by atoms with Crippen LogP contribution in [0.3, 0.4) is 0 Å². The molecule has 0 unspecified atom stereocenters. The van der Waals surface area contributed by atoms with Gasteiger partial charge in [0.2, 0.25) is 5.91 Å². The molecule has 0 saturated heterocycles. The highest BCUT2D eigenvalue weighted by molar-refractivity contribution is 9.10. The number of hydrogen-bond acceptors (Lipinski definition) is 3. The van der Waals surface area contributed by atoms with Gasteiger partial charge in [-0.25, -0.2) is 0 Å². The van der Waals surface area contributed by atoms with E-state index in [0.29, 0.717) is 6.54 Å². The van der Waals surface area contributed by atoms with Crippen LogP contribution in [0.1, 0.15) is 11.4 Å². The Balaban J connectivity index is 2.00. The summed E-state index contributed by atoms with van der Waals surface area (Å²) in [4.78, 5) is 13.8. The van der Waals surface area contributed by atoms with Crippen LogP contribution in [-0.2, 0) is 24.9 Å². The molecule has 0 aliphatic carbocycles. The van der Waals surface area contributed by atoms with E-state index in [1.165, 1.54) is 0 Å². The number of rotatable bonds is 4. The van der Waals surface area contributed by atoms with Crippen molar-refractivity contribution in [2.24, 2.45) is 7.05 Å². The van der Waals surface area contributed by atoms with Crippen LogP contribution >= 0.6 is 15.9 Å². The second-order valence-corrected chi connectivity index (χ2v) is 5.32. The predicted molar refractivity (Wildman–Crippen MR) is 74.3 cm³/mol. The Morgan fingerprint density at radius 2 is 2.26 bits per heavy atom. The van der Waals surface area contributed by atoms with Gasteiger partial charge >= 0.3 is 0 Å². The molecule has 0 N–H and O–H groups in total. The van der Waals surface area contributed by atoms with Crippen molar-refractivity contribution in [2.45, 2.75) is 20.0 Å². The van der Waals surface area contributed by atoms with Gasteiger partial charge in [-0.2, -0.15) is 10.2 Å². The summed E-state index contributed by atoms with van der Waals surface area (Å²) in [7, 11) is 3.63. The highest BCUT2D eigenvalue weighted by atomic mass is 79.9. The molecule has 19 heavy (non-hydrogen) atoms. The Bertz CT molecular complexity index is 569. The third-order valence-corrected chi connectivity index (χ3v) is 3.56. The molecule has 2 aromatic heterocycles. The number of halogens is 1. The van der Waals surface area contributed by atoms with Crippen LogP contribution in [0.4, 0.5) is 0 Å². The summed E-state index contributed by atoms with van der Waals surface area (Å²) in [6.45, 7) is 2.66. The summed E-state index contributed by atoms with van der Waals surface area (Å²) < 4.78 is 4.31. The van der Waals surface area contributed by atoms with Gasteiger partial charge < -0.3 is 4.90 Å². The summed E-state index contributed by atoms with van der Waals surface area (Å²) in [6, 6.07) is 1.88. The maximum atomic E-state index is 12.1. The maximum absolute atomic E-state index is 12.1. The number of aromatic nitrogens is 4. The molecular formula is C12H16BrN5O. The lowest BCUT2D eigenvalue weighted by atomic mass is 10.4. The van der Waals surface area contributed by atoms with Crippen LogP contribution in [0.15, 0.2) is 22.9 Å². The van der Waals surface area contributed by atoms with E-state index in [2.05, 4.69) is 26.1 Å². The molecule has 0 radical (unpaired) electrons. The minimum absolute atomic E-state index is 0.0104. The van der Waals surface area contributed by atoms with Crippen molar-refractivity contribution in [2.75, 3.05) is 7.05 Å². The van der Waals surface area contributed by atoms with E-state index in [4.69, 9.17) is 0 Å². The number of nitrogens with zero attached hydrogens (tertiary/aromatic N) is 5. The summed E-state index contributed by atoms with van der Waals surface area (Å²) in [5.74, 6) is 0.0104. The van der Waals surface area contributed by atoms with Gasteiger partial charge in [0, 0.05) is 20.3 Å². The molecule has 0 atom stereocenters. The SMILES string of the molecule is Cc1ccn(CC(=O)N(C)Cc2c(Br)cnn2C)n1. The summed E-state index contributed by atoms with van der Waals surface area (Å²) in [5.41, 5.74) is 1.87. The Morgan fingerprint density at radius 3 is 2.79 bits per heavy atom. The van der Waals surface area contributed by atoms with Gasteiger partial charge in [0.25, 0.3) is 0 Å². The second kappa shape index (κ2) is 5.56. The van der Waals surface area contributed by atoms with Gasteiger partial charge in [-0.05, 0) is 28.9 Å². The van der Waals surface area contributed by atoms with Gasteiger partial charge in [-0.3, -0.25) is 14.2 Å². The van der Waals surface area contributed by atoms with Crippen LogP contribution in [0.2, 0.25) is 0 Å². The zero-order valence-electron chi connectivity index (χ0n) is 11.2. The van der Waals surface area contributed by atoms with E-state index in [-0.39, 0.29) is 12.5 Å². The van der Waals surface area contributed by atoms with Crippen molar-refractivity contribution < 1.29 is 4.79 Å². The van der Waals surface area contributed by atoms with E-state index in [9.17, 15) is 4.79 Å². The topological polar surface area (TPSA) is 56.0 Å². The summed E-state index contributed by atoms with van der Waals surface area (Å²) >= 11 is 3.43. The second-order valence-electron chi connectivity index (χ2n) is 4.47. The lowest BCUT2D eigenvalue weighted by molar-refractivity contribution is -0.131.